The molecule has 0 aliphatic heterocycles. The molecule has 0 aliphatic carbocycles. The minimum absolute atomic E-state index is 0.367. The Labute approximate surface area is 62.8 Å². The predicted molar refractivity (Wildman–Crippen MR) is 41.5 cm³/mol. The summed E-state index contributed by atoms with van der Waals surface area (Å²) in [6.07, 6.45) is 0. The zero-order valence-corrected chi connectivity index (χ0v) is 5.70. The maximum absolute atomic E-state index is 8.49. The van der Waals surface area contributed by atoms with Gasteiger partial charge in [-0.3, -0.25) is 5.21 Å². The highest BCUT2D eigenvalue weighted by molar-refractivity contribution is 5.76. The van der Waals surface area contributed by atoms with E-state index in [-0.39, 0.29) is 0 Å². The molecule has 1 heterocycles. The van der Waals surface area contributed by atoms with Gasteiger partial charge in [-0.1, -0.05) is 12.1 Å². The lowest BCUT2D eigenvalue weighted by Gasteiger charge is -1.85. The molecule has 0 radical (unpaired) electrons. The lowest BCUT2D eigenvalue weighted by Crippen LogP contribution is -1.89. The third-order valence-electron chi connectivity index (χ3n) is 1.50. The van der Waals surface area contributed by atoms with Crippen molar-refractivity contribution >= 4 is 17.0 Å². The van der Waals surface area contributed by atoms with Gasteiger partial charge in [0, 0.05) is 0 Å². The van der Waals surface area contributed by atoms with Crippen molar-refractivity contribution in [1.29, 1.82) is 0 Å². The molecular formula is C7H7N3O. The van der Waals surface area contributed by atoms with E-state index < -0.39 is 0 Å². The molecular weight excluding hydrogens is 142 g/mol. The zero-order valence-electron chi connectivity index (χ0n) is 5.70. The number of benzene rings is 1. The number of nitrogens with one attached hydrogen (secondary N) is 2. The number of imidazole rings is 1. The van der Waals surface area contributed by atoms with E-state index in [1.807, 2.05) is 29.7 Å². The molecule has 0 saturated carbocycles. The second kappa shape index (κ2) is 2.25. The lowest BCUT2D eigenvalue weighted by molar-refractivity contribution is 0.383. The number of para-hydroxylation sites is 2. The van der Waals surface area contributed by atoms with Crippen LogP contribution in [-0.4, -0.2) is 15.2 Å². The summed E-state index contributed by atoms with van der Waals surface area (Å²) in [5.41, 5.74) is 3.69. The first-order chi connectivity index (χ1) is 5.40. The molecule has 1 aromatic heterocycles. The average molecular weight is 149 g/mol. The van der Waals surface area contributed by atoms with E-state index in [1.54, 1.807) is 0 Å². The summed E-state index contributed by atoms with van der Waals surface area (Å²) in [7, 11) is 0. The fourth-order valence-electron chi connectivity index (χ4n) is 1.01. The first-order valence-electron chi connectivity index (χ1n) is 3.25. The Morgan fingerprint density at radius 3 is 2.91 bits per heavy atom. The van der Waals surface area contributed by atoms with Gasteiger partial charge in [-0.2, -0.15) is 0 Å². The summed E-state index contributed by atoms with van der Waals surface area (Å²) in [6.45, 7) is 0. The van der Waals surface area contributed by atoms with Gasteiger partial charge >= 0.3 is 0 Å². The lowest BCUT2D eigenvalue weighted by atomic mass is 10.3. The number of fused-ring (bicyclic) bond motifs is 1. The Balaban J connectivity index is 2.69. The number of aromatic nitrogens is 2. The standard InChI is InChI=1S/C7H7N3O/c11-10-7-8-5-3-1-2-4-6(5)9-7/h1-4,11H,(H2,8,9,10). The van der Waals surface area contributed by atoms with Gasteiger partial charge in [0.15, 0.2) is 0 Å². The summed E-state index contributed by atoms with van der Waals surface area (Å²) in [5, 5.41) is 8.49. The average Bonchev–Trinajstić information content (AvgIpc) is 2.46. The molecule has 0 saturated heterocycles. The largest absolute Gasteiger partial charge is 0.322 e. The first kappa shape index (κ1) is 6.18. The van der Waals surface area contributed by atoms with Crippen LogP contribution in [0.15, 0.2) is 24.3 Å². The Morgan fingerprint density at radius 2 is 2.18 bits per heavy atom. The van der Waals surface area contributed by atoms with Crippen LogP contribution in [0, 0.1) is 0 Å². The quantitative estimate of drug-likeness (QED) is 0.536. The van der Waals surface area contributed by atoms with Crippen molar-refractivity contribution in [3.05, 3.63) is 24.3 Å². The number of H-pyrrole nitrogens is 1. The second-order valence-electron chi connectivity index (χ2n) is 2.21. The summed E-state index contributed by atoms with van der Waals surface area (Å²) in [6, 6.07) is 7.56. The monoisotopic (exact) mass is 149 g/mol. The summed E-state index contributed by atoms with van der Waals surface area (Å²) >= 11 is 0. The third kappa shape index (κ3) is 0.929. The smallest absolute Gasteiger partial charge is 0.225 e. The van der Waals surface area contributed by atoms with Crippen molar-refractivity contribution in [2.45, 2.75) is 0 Å². The van der Waals surface area contributed by atoms with Crippen molar-refractivity contribution in [3.63, 3.8) is 0 Å². The van der Waals surface area contributed by atoms with E-state index in [0.717, 1.165) is 11.0 Å². The Hall–Kier alpha value is -1.55. The van der Waals surface area contributed by atoms with Gasteiger partial charge in [0.25, 0.3) is 0 Å². The van der Waals surface area contributed by atoms with Crippen LogP contribution in [-0.2, 0) is 0 Å². The normalized spacial score (nSPS) is 10.3. The fraction of sp³-hybridized carbons (Fsp3) is 0. The summed E-state index contributed by atoms with van der Waals surface area (Å²) in [5.74, 6) is 0.367. The minimum atomic E-state index is 0.367. The molecule has 4 heteroatoms. The van der Waals surface area contributed by atoms with Crippen molar-refractivity contribution in [2.24, 2.45) is 0 Å². The van der Waals surface area contributed by atoms with E-state index in [1.165, 1.54) is 0 Å². The number of anilines is 1. The van der Waals surface area contributed by atoms with Crippen LogP contribution >= 0.6 is 0 Å². The molecule has 0 unspecified atom stereocenters. The zero-order chi connectivity index (χ0) is 7.68. The molecule has 0 amide bonds. The molecule has 56 valence electrons. The van der Waals surface area contributed by atoms with Crippen LogP contribution in [0.5, 0.6) is 0 Å². The topological polar surface area (TPSA) is 60.9 Å². The Morgan fingerprint density at radius 1 is 1.36 bits per heavy atom. The number of rotatable bonds is 1. The maximum atomic E-state index is 8.49. The molecule has 4 nitrogen and oxygen atoms in total. The summed E-state index contributed by atoms with van der Waals surface area (Å²) in [4.78, 5) is 6.89. The van der Waals surface area contributed by atoms with E-state index >= 15 is 0 Å². The number of hydrogen-bond donors (Lipinski definition) is 3. The number of hydrogen-bond acceptors (Lipinski definition) is 3. The van der Waals surface area contributed by atoms with Crippen LogP contribution in [0.25, 0.3) is 11.0 Å². The Bertz CT molecular complexity index is 335. The molecule has 0 bridgehead atoms. The molecule has 3 N–H and O–H groups in total. The molecule has 0 atom stereocenters. The van der Waals surface area contributed by atoms with E-state index in [4.69, 9.17) is 5.21 Å². The minimum Gasteiger partial charge on any atom is -0.322 e. The second-order valence-corrected chi connectivity index (χ2v) is 2.21. The SMILES string of the molecule is ONc1nc2ccccc2[nH]1. The van der Waals surface area contributed by atoms with Crippen molar-refractivity contribution in [2.75, 3.05) is 5.48 Å². The highest BCUT2D eigenvalue weighted by Gasteiger charge is 1.97. The van der Waals surface area contributed by atoms with Gasteiger partial charge in [0.2, 0.25) is 5.95 Å². The highest BCUT2D eigenvalue weighted by atomic mass is 16.5. The van der Waals surface area contributed by atoms with E-state index in [9.17, 15) is 0 Å². The Kier molecular flexibility index (Phi) is 1.26. The summed E-state index contributed by atoms with van der Waals surface area (Å²) < 4.78 is 0. The van der Waals surface area contributed by atoms with Crippen LogP contribution < -0.4 is 5.48 Å². The van der Waals surface area contributed by atoms with Gasteiger partial charge < -0.3 is 4.98 Å². The predicted octanol–water partition coefficient (Wildman–Crippen LogP) is 1.36. The van der Waals surface area contributed by atoms with Crippen LogP contribution in [0.2, 0.25) is 0 Å². The van der Waals surface area contributed by atoms with E-state index in [0.29, 0.717) is 5.95 Å². The molecule has 11 heavy (non-hydrogen) atoms. The van der Waals surface area contributed by atoms with Crippen molar-refractivity contribution < 1.29 is 5.21 Å². The molecule has 0 aliphatic rings. The molecule has 1 aromatic carbocycles. The van der Waals surface area contributed by atoms with Gasteiger partial charge in [-0.05, 0) is 12.1 Å². The number of aromatic amines is 1. The third-order valence-corrected chi connectivity index (χ3v) is 1.50. The van der Waals surface area contributed by atoms with E-state index in [2.05, 4.69) is 9.97 Å². The maximum Gasteiger partial charge on any atom is 0.225 e. The molecule has 0 spiro atoms. The fourth-order valence-corrected chi connectivity index (χ4v) is 1.01. The molecule has 2 rings (SSSR count). The molecule has 2 aromatic rings. The van der Waals surface area contributed by atoms with Crippen LogP contribution in [0.4, 0.5) is 5.95 Å². The van der Waals surface area contributed by atoms with Crippen LogP contribution in [0.1, 0.15) is 0 Å². The van der Waals surface area contributed by atoms with Gasteiger partial charge in [0.05, 0.1) is 11.0 Å². The van der Waals surface area contributed by atoms with Crippen LogP contribution in [0.3, 0.4) is 0 Å². The highest BCUT2D eigenvalue weighted by Crippen LogP contribution is 2.11. The van der Waals surface area contributed by atoms with Gasteiger partial charge in [0.1, 0.15) is 0 Å². The van der Waals surface area contributed by atoms with Crippen molar-refractivity contribution in [3.8, 4) is 0 Å². The first-order valence-corrected chi connectivity index (χ1v) is 3.25. The van der Waals surface area contributed by atoms with Crippen molar-refractivity contribution in [1.82, 2.24) is 9.97 Å². The van der Waals surface area contributed by atoms with Gasteiger partial charge in [-0.25, -0.2) is 10.5 Å². The number of nitrogens with zero attached hydrogens (tertiary/aromatic N) is 1. The van der Waals surface area contributed by atoms with Gasteiger partial charge in [-0.15, -0.1) is 0 Å². The molecule has 0 fully saturated rings.